The Morgan fingerprint density at radius 3 is 2.86 bits per heavy atom. The highest BCUT2D eigenvalue weighted by atomic mass is 16.5. The number of aryl methyl sites for hydroxylation is 1. The monoisotopic (exact) mass is 195 g/mol. The lowest BCUT2D eigenvalue weighted by atomic mass is 10.0. The van der Waals surface area contributed by atoms with Crippen molar-refractivity contribution in [1.82, 2.24) is 9.55 Å². The fourth-order valence-electron chi connectivity index (χ4n) is 1.92. The third kappa shape index (κ3) is 2.07. The Labute approximate surface area is 84.1 Å². The van der Waals surface area contributed by atoms with Crippen molar-refractivity contribution in [3.63, 3.8) is 0 Å². The van der Waals surface area contributed by atoms with Gasteiger partial charge in [-0.1, -0.05) is 0 Å². The van der Waals surface area contributed by atoms with E-state index in [0.29, 0.717) is 11.9 Å². The third-order valence-electron chi connectivity index (χ3n) is 2.72. The van der Waals surface area contributed by atoms with Crippen molar-refractivity contribution in [2.75, 3.05) is 18.9 Å². The third-order valence-corrected chi connectivity index (χ3v) is 2.72. The molecule has 1 aromatic heterocycles. The quantitative estimate of drug-likeness (QED) is 0.771. The largest absolute Gasteiger partial charge is 0.381 e. The van der Waals surface area contributed by atoms with Crippen LogP contribution in [0.2, 0.25) is 0 Å². The minimum Gasteiger partial charge on any atom is -0.381 e. The second kappa shape index (κ2) is 4.00. The molecule has 0 atom stereocenters. The van der Waals surface area contributed by atoms with E-state index in [1.165, 1.54) is 0 Å². The summed E-state index contributed by atoms with van der Waals surface area (Å²) in [5, 5.41) is 0. The average Bonchev–Trinajstić information content (AvgIpc) is 2.47. The van der Waals surface area contributed by atoms with E-state index in [4.69, 9.17) is 10.5 Å². The molecular weight excluding hydrogens is 178 g/mol. The molecule has 1 saturated heterocycles. The first-order chi connectivity index (χ1) is 6.75. The van der Waals surface area contributed by atoms with Crippen LogP contribution in [0.25, 0.3) is 0 Å². The van der Waals surface area contributed by atoms with E-state index in [0.717, 1.165) is 38.3 Å². The van der Waals surface area contributed by atoms with E-state index in [2.05, 4.69) is 4.98 Å². The van der Waals surface area contributed by atoms with Crippen LogP contribution >= 0.6 is 0 Å². The number of nitrogens with two attached hydrogens (primary N) is 1. The summed E-state index contributed by atoms with van der Waals surface area (Å²) in [6.45, 7) is 4.73. The van der Waals surface area contributed by atoms with E-state index in [-0.39, 0.29) is 0 Å². The summed E-state index contributed by atoms with van der Waals surface area (Å²) in [5.74, 6) is 1.33. The van der Waals surface area contributed by atoms with Crippen LogP contribution in [0.3, 0.4) is 0 Å². The van der Waals surface area contributed by atoms with Crippen molar-refractivity contribution in [3.05, 3.63) is 11.9 Å². The van der Waals surface area contributed by atoms with Crippen LogP contribution in [0.15, 0.2) is 6.20 Å². The molecule has 1 aromatic rings. The molecule has 78 valence electrons. The van der Waals surface area contributed by atoms with Crippen LogP contribution in [0.1, 0.15) is 18.5 Å². The van der Waals surface area contributed by atoms with Crippen molar-refractivity contribution < 1.29 is 4.74 Å². The van der Waals surface area contributed by atoms with E-state index in [9.17, 15) is 0 Å². The van der Waals surface area contributed by atoms with Crippen molar-refractivity contribution in [3.8, 4) is 0 Å². The van der Waals surface area contributed by atoms with Crippen molar-refractivity contribution >= 4 is 5.95 Å². The number of anilines is 1. The summed E-state index contributed by atoms with van der Waals surface area (Å²) >= 11 is 0. The molecule has 0 spiro atoms. The maximum Gasteiger partial charge on any atom is 0.200 e. The molecule has 0 unspecified atom stereocenters. The summed E-state index contributed by atoms with van der Waals surface area (Å²) in [7, 11) is 0. The Morgan fingerprint density at radius 2 is 2.29 bits per heavy atom. The number of ether oxygens (including phenoxy) is 1. The SMILES string of the molecule is Cc1cn(CC2CCOCC2)c(N)n1. The molecule has 4 heteroatoms. The molecule has 1 aliphatic heterocycles. The van der Waals surface area contributed by atoms with Crippen molar-refractivity contribution in [2.45, 2.75) is 26.3 Å². The van der Waals surface area contributed by atoms with Gasteiger partial charge in [0.05, 0.1) is 5.69 Å². The summed E-state index contributed by atoms with van der Waals surface area (Å²) in [5.41, 5.74) is 6.77. The second-order valence-electron chi connectivity index (χ2n) is 3.95. The van der Waals surface area contributed by atoms with Crippen LogP contribution in [0.5, 0.6) is 0 Å². The maximum absolute atomic E-state index is 5.78. The topological polar surface area (TPSA) is 53.1 Å². The zero-order chi connectivity index (χ0) is 9.97. The van der Waals surface area contributed by atoms with Gasteiger partial charge in [-0.25, -0.2) is 4.98 Å². The van der Waals surface area contributed by atoms with Crippen molar-refractivity contribution in [2.24, 2.45) is 5.92 Å². The van der Waals surface area contributed by atoms with Gasteiger partial charge in [0.1, 0.15) is 0 Å². The van der Waals surface area contributed by atoms with E-state index >= 15 is 0 Å². The molecule has 0 radical (unpaired) electrons. The molecule has 2 rings (SSSR count). The number of aromatic nitrogens is 2. The van der Waals surface area contributed by atoms with Crippen molar-refractivity contribution in [1.29, 1.82) is 0 Å². The molecule has 0 aromatic carbocycles. The van der Waals surface area contributed by atoms with Crippen LogP contribution in [0, 0.1) is 12.8 Å². The fourth-order valence-corrected chi connectivity index (χ4v) is 1.92. The van der Waals surface area contributed by atoms with Crippen LogP contribution in [-0.2, 0) is 11.3 Å². The fraction of sp³-hybridized carbons (Fsp3) is 0.700. The summed E-state index contributed by atoms with van der Waals surface area (Å²) in [6.07, 6.45) is 4.29. The predicted octanol–water partition coefficient (Wildman–Crippen LogP) is 1.20. The van der Waals surface area contributed by atoms with Crippen LogP contribution < -0.4 is 5.73 Å². The van der Waals surface area contributed by atoms with Gasteiger partial charge in [-0.2, -0.15) is 0 Å². The Bertz CT molecular complexity index is 302. The maximum atomic E-state index is 5.78. The highest BCUT2D eigenvalue weighted by Crippen LogP contribution is 2.18. The summed E-state index contributed by atoms with van der Waals surface area (Å²) in [6, 6.07) is 0. The van der Waals surface area contributed by atoms with Gasteiger partial charge >= 0.3 is 0 Å². The van der Waals surface area contributed by atoms with Gasteiger partial charge in [0.2, 0.25) is 0 Å². The molecule has 0 amide bonds. The first kappa shape index (κ1) is 9.52. The minimum atomic E-state index is 0.633. The van der Waals surface area contributed by atoms with E-state index < -0.39 is 0 Å². The van der Waals surface area contributed by atoms with Gasteiger partial charge in [-0.3, -0.25) is 0 Å². The Balaban J connectivity index is 1.98. The molecule has 4 nitrogen and oxygen atoms in total. The van der Waals surface area contributed by atoms with Gasteiger partial charge in [0.15, 0.2) is 5.95 Å². The molecule has 0 bridgehead atoms. The number of imidazole rings is 1. The standard InChI is InChI=1S/C10H17N3O/c1-8-6-13(10(11)12-8)7-9-2-4-14-5-3-9/h6,9H,2-5,7H2,1H3,(H2,11,12). The van der Waals surface area contributed by atoms with E-state index in [1.807, 2.05) is 17.7 Å². The highest BCUT2D eigenvalue weighted by Gasteiger charge is 2.15. The zero-order valence-corrected chi connectivity index (χ0v) is 8.57. The molecule has 0 aliphatic carbocycles. The molecule has 14 heavy (non-hydrogen) atoms. The summed E-state index contributed by atoms with van der Waals surface area (Å²) in [4.78, 5) is 4.19. The normalized spacial score (nSPS) is 18.6. The number of nitrogens with zero attached hydrogens (tertiary/aromatic N) is 2. The molecule has 0 saturated carbocycles. The molecular formula is C10H17N3O. The molecule has 2 heterocycles. The van der Waals surface area contributed by atoms with E-state index in [1.54, 1.807) is 0 Å². The van der Waals surface area contributed by atoms with Gasteiger partial charge in [0.25, 0.3) is 0 Å². The molecule has 1 aliphatic rings. The number of hydrogen-bond donors (Lipinski definition) is 1. The van der Waals surface area contributed by atoms with Gasteiger partial charge in [-0.05, 0) is 25.7 Å². The average molecular weight is 195 g/mol. The first-order valence-corrected chi connectivity index (χ1v) is 5.12. The molecule has 2 N–H and O–H groups in total. The zero-order valence-electron chi connectivity index (χ0n) is 8.57. The first-order valence-electron chi connectivity index (χ1n) is 5.12. The van der Waals surface area contributed by atoms with Crippen LogP contribution in [0.4, 0.5) is 5.95 Å². The van der Waals surface area contributed by atoms with Crippen LogP contribution in [-0.4, -0.2) is 22.8 Å². The highest BCUT2D eigenvalue weighted by molar-refractivity contribution is 5.21. The molecule has 1 fully saturated rings. The lowest BCUT2D eigenvalue weighted by molar-refractivity contribution is 0.0614. The number of nitrogen functional groups attached to an aromatic ring is 1. The lowest BCUT2D eigenvalue weighted by Crippen LogP contribution is -2.20. The van der Waals surface area contributed by atoms with Gasteiger partial charge in [-0.15, -0.1) is 0 Å². The Kier molecular flexibility index (Phi) is 2.72. The minimum absolute atomic E-state index is 0.633. The summed E-state index contributed by atoms with van der Waals surface area (Å²) < 4.78 is 7.36. The van der Waals surface area contributed by atoms with Gasteiger partial charge < -0.3 is 15.0 Å². The Morgan fingerprint density at radius 1 is 1.57 bits per heavy atom. The smallest absolute Gasteiger partial charge is 0.200 e. The number of rotatable bonds is 2. The van der Waals surface area contributed by atoms with Gasteiger partial charge in [0, 0.05) is 26.0 Å². The second-order valence-corrected chi connectivity index (χ2v) is 3.95. The Hall–Kier alpha value is -1.03. The predicted molar refractivity (Wildman–Crippen MR) is 54.9 cm³/mol. The lowest BCUT2D eigenvalue weighted by Gasteiger charge is -2.22. The number of hydrogen-bond acceptors (Lipinski definition) is 3.